The van der Waals surface area contributed by atoms with Gasteiger partial charge in [0.2, 0.25) is 11.8 Å². The lowest BCUT2D eigenvalue weighted by molar-refractivity contribution is -0.144. The summed E-state index contributed by atoms with van der Waals surface area (Å²) in [5.74, 6) is -0.782. The smallest absolute Gasteiger partial charge is 0.410 e. The Morgan fingerprint density at radius 3 is 2.45 bits per heavy atom. The zero-order chi connectivity index (χ0) is 29.7. The fraction of sp³-hybridized carbons (Fsp3) is 0.655. The third-order valence-corrected chi connectivity index (χ3v) is 7.47. The molecule has 0 radical (unpaired) electrons. The zero-order valence-electron chi connectivity index (χ0n) is 24.8. The minimum Gasteiger partial charge on any atom is -0.445 e. The highest BCUT2D eigenvalue weighted by Gasteiger charge is 2.56. The van der Waals surface area contributed by atoms with E-state index in [9.17, 15) is 19.2 Å². The van der Waals surface area contributed by atoms with Crippen molar-refractivity contribution in [3.8, 4) is 0 Å². The van der Waals surface area contributed by atoms with Crippen LogP contribution >= 0.6 is 0 Å². The maximum atomic E-state index is 13.9. The van der Waals surface area contributed by atoms with Crippen molar-refractivity contribution in [3.63, 3.8) is 0 Å². The van der Waals surface area contributed by atoms with E-state index in [0.29, 0.717) is 32.5 Å². The lowest BCUT2D eigenvalue weighted by Gasteiger charge is -2.38. The van der Waals surface area contributed by atoms with Crippen LogP contribution in [0.3, 0.4) is 0 Å². The normalized spacial score (nSPS) is 21.8. The molecule has 0 aromatic heterocycles. The first-order valence-corrected chi connectivity index (χ1v) is 13.9. The lowest BCUT2D eigenvalue weighted by atomic mass is 9.93. The number of fused-ring (bicyclic) bond motifs is 1. The van der Waals surface area contributed by atoms with Crippen molar-refractivity contribution in [1.29, 1.82) is 0 Å². The Bertz CT molecular complexity index is 1060. The van der Waals surface area contributed by atoms with Gasteiger partial charge in [0.1, 0.15) is 24.8 Å². The molecule has 2 heterocycles. The molecule has 4 amide bonds. The van der Waals surface area contributed by atoms with Crippen LogP contribution in [0.2, 0.25) is 0 Å². The first-order valence-electron chi connectivity index (χ1n) is 13.9. The maximum Gasteiger partial charge on any atom is 0.410 e. The highest BCUT2D eigenvalue weighted by Crippen LogP contribution is 2.42. The van der Waals surface area contributed by atoms with E-state index in [2.05, 4.69) is 5.32 Å². The quantitative estimate of drug-likeness (QED) is 0.493. The van der Waals surface area contributed by atoms with E-state index in [1.807, 2.05) is 44.2 Å². The first-order chi connectivity index (χ1) is 18.8. The molecule has 2 aliphatic heterocycles. The number of carbonyl (C=O) groups excluding carboxylic acids is 4. The molecule has 1 N–H and O–H groups in total. The number of likely N-dealkylation sites (N-methyl/N-ethyl adjacent to an activating group) is 1. The summed E-state index contributed by atoms with van der Waals surface area (Å²) in [4.78, 5) is 56.8. The van der Waals surface area contributed by atoms with Gasteiger partial charge in [0.05, 0.1) is 17.7 Å². The van der Waals surface area contributed by atoms with Gasteiger partial charge in [-0.15, -0.1) is 0 Å². The van der Waals surface area contributed by atoms with Crippen molar-refractivity contribution < 1.29 is 33.4 Å². The van der Waals surface area contributed by atoms with Crippen LogP contribution in [0.15, 0.2) is 30.3 Å². The Morgan fingerprint density at radius 1 is 1.15 bits per heavy atom. The molecule has 0 aliphatic carbocycles. The summed E-state index contributed by atoms with van der Waals surface area (Å²) in [5.41, 5.74) is -0.401. The molecule has 2 fully saturated rings. The number of nitrogens with one attached hydrogen (secondary N) is 1. The van der Waals surface area contributed by atoms with Crippen LogP contribution in [-0.4, -0.2) is 101 Å². The van der Waals surface area contributed by atoms with E-state index in [-0.39, 0.29) is 25.1 Å². The predicted molar refractivity (Wildman–Crippen MR) is 148 cm³/mol. The van der Waals surface area contributed by atoms with Crippen LogP contribution in [0.1, 0.15) is 59.9 Å². The Balaban J connectivity index is 1.67. The molecular weight excluding hydrogens is 516 g/mol. The number of amides is 4. The van der Waals surface area contributed by atoms with E-state index in [0.717, 1.165) is 10.5 Å². The second-order valence-electron chi connectivity index (χ2n) is 11.7. The molecular formula is C29H44N4O7. The monoisotopic (exact) mass is 560 g/mol. The number of hydrogen-bond acceptors (Lipinski definition) is 7. The third kappa shape index (κ3) is 7.44. The standard InChI is InChI=1S/C29H44N4O7/c1-8-38-20(2)24(30-23(34)18-31(7)26(36)40-28(3,4)5)25(35)33-16-14-22-29(33,6)15-17-32(22)27(37)39-19-21-12-10-9-11-13-21/h9-13,20,22,24H,8,14-19H2,1-7H3,(H,30,34). The molecule has 2 aliphatic rings. The van der Waals surface area contributed by atoms with Gasteiger partial charge in [-0.1, -0.05) is 30.3 Å². The third-order valence-electron chi connectivity index (χ3n) is 7.47. The molecule has 1 aromatic rings. The molecule has 222 valence electrons. The highest BCUT2D eigenvalue weighted by molar-refractivity contribution is 5.90. The molecule has 40 heavy (non-hydrogen) atoms. The van der Waals surface area contributed by atoms with Crippen molar-refractivity contribution in [3.05, 3.63) is 35.9 Å². The van der Waals surface area contributed by atoms with Gasteiger partial charge in [0, 0.05) is 26.7 Å². The summed E-state index contributed by atoms with van der Waals surface area (Å²) in [6.07, 6.45) is -0.444. The number of likely N-dealkylation sites (tertiary alicyclic amines) is 2. The molecule has 0 bridgehead atoms. The van der Waals surface area contributed by atoms with Gasteiger partial charge in [-0.25, -0.2) is 9.59 Å². The van der Waals surface area contributed by atoms with Crippen molar-refractivity contribution >= 4 is 24.0 Å². The Hall–Kier alpha value is -3.34. The van der Waals surface area contributed by atoms with Crippen LogP contribution in [0.5, 0.6) is 0 Å². The summed E-state index contributed by atoms with van der Waals surface area (Å²) in [7, 11) is 1.46. The summed E-state index contributed by atoms with van der Waals surface area (Å²) in [6, 6.07) is 8.33. The number of hydrogen-bond donors (Lipinski definition) is 1. The van der Waals surface area contributed by atoms with Crippen molar-refractivity contribution in [1.82, 2.24) is 20.0 Å². The van der Waals surface area contributed by atoms with Crippen molar-refractivity contribution in [2.45, 2.75) is 90.3 Å². The molecule has 4 atom stereocenters. The largest absolute Gasteiger partial charge is 0.445 e. The van der Waals surface area contributed by atoms with Gasteiger partial charge in [-0.3, -0.25) is 9.59 Å². The second-order valence-corrected chi connectivity index (χ2v) is 11.7. The Morgan fingerprint density at radius 2 is 1.82 bits per heavy atom. The second kappa shape index (κ2) is 12.9. The summed E-state index contributed by atoms with van der Waals surface area (Å²) >= 11 is 0. The SMILES string of the molecule is CCOC(C)C(NC(=O)CN(C)C(=O)OC(C)(C)C)C(=O)N1CCC2N(C(=O)OCc3ccccc3)CCC21C. The first kappa shape index (κ1) is 31.2. The van der Waals surface area contributed by atoms with E-state index in [1.165, 1.54) is 7.05 Å². The van der Waals surface area contributed by atoms with Gasteiger partial charge in [-0.2, -0.15) is 0 Å². The molecule has 0 saturated carbocycles. The van der Waals surface area contributed by atoms with Gasteiger partial charge in [0.25, 0.3) is 0 Å². The van der Waals surface area contributed by atoms with Gasteiger partial charge >= 0.3 is 12.2 Å². The fourth-order valence-corrected chi connectivity index (χ4v) is 5.42. The average molecular weight is 561 g/mol. The van der Waals surface area contributed by atoms with Gasteiger partial charge in [0.15, 0.2) is 0 Å². The molecule has 4 unspecified atom stereocenters. The van der Waals surface area contributed by atoms with Crippen LogP contribution in [-0.2, 0) is 30.4 Å². The molecule has 2 saturated heterocycles. The van der Waals surface area contributed by atoms with Gasteiger partial charge < -0.3 is 34.2 Å². The lowest BCUT2D eigenvalue weighted by Crippen LogP contribution is -2.60. The van der Waals surface area contributed by atoms with Gasteiger partial charge in [-0.05, 0) is 59.9 Å². The molecule has 0 spiro atoms. The number of nitrogens with zero attached hydrogens (tertiary/aromatic N) is 3. The number of ether oxygens (including phenoxy) is 3. The number of carbonyl (C=O) groups is 4. The summed E-state index contributed by atoms with van der Waals surface area (Å²) < 4.78 is 16.6. The molecule has 11 heteroatoms. The fourth-order valence-electron chi connectivity index (χ4n) is 5.42. The van der Waals surface area contributed by atoms with Crippen LogP contribution in [0.4, 0.5) is 9.59 Å². The zero-order valence-corrected chi connectivity index (χ0v) is 24.8. The molecule has 1 aromatic carbocycles. The summed E-state index contributed by atoms with van der Waals surface area (Å²) in [6.45, 7) is 11.9. The average Bonchev–Trinajstić information content (AvgIpc) is 3.39. The molecule has 11 nitrogen and oxygen atoms in total. The van der Waals surface area contributed by atoms with Crippen molar-refractivity contribution in [2.75, 3.05) is 33.3 Å². The molecule has 3 rings (SSSR count). The minimum absolute atomic E-state index is 0.181. The van der Waals surface area contributed by atoms with Crippen molar-refractivity contribution in [2.24, 2.45) is 0 Å². The van der Waals surface area contributed by atoms with E-state index in [4.69, 9.17) is 14.2 Å². The Kier molecular flexibility index (Phi) is 10.0. The summed E-state index contributed by atoms with van der Waals surface area (Å²) in [5, 5.41) is 2.79. The van der Waals surface area contributed by atoms with Crippen LogP contribution in [0.25, 0.3) is 0 Å². The van der Waals surface area contributed by atoms with E-state index < -0.39 is 41.4 Å². The topological polar surface area (TPSA) is 118 Å². The number of rotatable bonds is 9. The number of benzene rings is 1. The maximum absolute atomic E-state index is 13.9. The minimum atomic E-state index is -0.964. The van der Waals surface area contributed by atoms with E-state index >= 15 is 0 Å². The highest BCUT2D eigenvalue weighted by atomic mass is 16.6. The van der Waals surface area contributed by atoms with E-state index in [1.54, 1.807) is 37.5 Å². The predicted octanol–water partition coefficient (Wildman–Crippen LogP) is 3.17. The van der Waals surface area contributed by atoms with Crippen LogP contribution < -0.4 is 5.32 Å². The Labute approximate surface area is 237 Å². The van der Waals surface area contributed by atoms with Crippen LogP contribution in [0, 0.1) is 0 Å².